The molecule has 8 N–H and O–H groups in total. The highest BCUT2D eigenvalue weighted by atomic mass is 35.5. The third-order valence-corrected chi connectivity index (χ3v) is 26.0. The van der Waals surface area contributed by atoms with Crippen LogP contribution in [0.5, 0.6) is 22.3 Å². The lowest BCUT2D eigenvalue weighted by molar-refractivity contribution is -0.112. The molecule has 0 bridgehead atoms. The van der Waals surface area contributed by atoms with Gasteiger partial charge in [0.2, 0.25) is 34.5 Å². The molecule has 0 atom stereocenters. The monoisotopic (exact) mass is 1900 g/mol. The van der Waals surface area contributed by atoms with Gasteiger partial charge in [0.05, 0.1) is 37.4 Å². The number of thiazole rings is 2. The lowest BCUT2D eigenvalue weighted by atomic mass is 10.1. The van der Waals surface area contributed by atoms with Crippen LogP contribution < -0.4 is 76.3 Å². The molecule has 8 aromatic carbocycles. The third kappa shape index (κ3) is 27.3. The molecule has 12 aromatic rings. The molecule has 134 heavy (non-hydrogen) atoms. The van der Waals surface area contributed by atoms with Gasteiger partial charge >= 0.3 is 0 Å². The minimum atomic E-state index is -0.358. The highest BCUT2D eigenvalue weighted by Gasteiger charge is 2.25. The topological polar surface area (TPSA) is 317 Å². The number of halogens is 2. The van der Waals surface area contributed by atoms with Crippen LogP contribution in [0, 0.1) is 13.8 Å². The van der Waals surface area contributed by atoms with Crippen LogP contribution in [-0.4, -0.2) is 217 Å². The Bertz CT molecular complexity index is 5820. The molecule has 4 amide bonds. The fourth-order valence-electron chi connectivity index (χ4n) is 14.5. The van der Waals surface area contributed by atoms with Gasteiger partial charge in [-0.25, -0.2) is 15.0 Å². The maximum absolute atomic E-state index is 12.9. The van der Waals surface area contributed by atoms with E-state index in [4.69, 9.17) is 46.2 Å². The quantitative estimate of drug-likeness (QED) is 0.0153. The molecule has 696 valence electrons. The zero-order chi connectivity index (χ0) is 94.9. The molecule has 0 saturated carbocycles. The minimum Gasteiger partial charge on any atom is -0.494 e. The third-order valence-electron chi connectivity index (χ3n) is 22.1. The van der Waals surface area contributed by atoms with Crippen molar-refractivity contribution in [2.24, 2.45) is 0 Å². The van der Waals surface area contributed by atoms with Gasteiger partial charge < -0.3 is 105 Å². The summed E-state index contributed by atoms with van der Waals surface area (Å²) in [7, 11) is 11.8. The second kappa shape index (κ2) is 47.1. The van der Waals surface area contributed by atoms with Gasteiger partial charge in [-0.15, -0.1) is 0 Å². The Labute approximate surface area is 801 Å². The molecule has 35 heteroatoms. The summed E-state index contributed by atoms with van der Waals surface area (Å²) in [5.41, 5.74) is 13.9. The van der Waals surface area contributed by atoms with Crippen molar-refractivity contribution in [3.05, 3.63) is 283 Å². The number of benzene rings is 8. The first kappa shape index (κ1) is 97.8. The van der Waals surface area contributed by atoms with Crippen LogP contribution in [0.1, 0.15) is 43.2 Å². The Kier molecular flexibility index (Phi) is 34.3. The number of carbonyl (C=O) groups is 6. The number of nitrogens with zero attached hydrogens (tertiary/aromatic N) is 11. The van der Waals surface area contributed by atoms with E-state index in [1.807, 2.05) is 60.7 Å². The number of hydrogen-bond donors (Lipinski definition) is 8. The maximum Gasteiger partial charge on any atom is 0.299 e. The predicted octanol–water partition coefficient (Wildman–Crippen LogP) is 19.1. The van der Waals surface area contributed by atoms with Gasteiger partial charge in [0.25, 0.3) is 6.01 Å². The molecule has 0 aliphatic carbocycles. The molecule has 4 aromatic heterocycles. The highest BCUT2D eigenvalue weighted by Crippen LogP contribution is 2.44. The summed E-state index contributed by atoms with van der Waals surface area (Å²) < 4.78 is 29.2. The van der Waals surface area contributed by atoms with Crippen molar-refractivity contribution < 1.29 is 51.8 Å². The molecule has 16 rings (SSSR count). The van der Waals surface area contributed by atoms with E-state index >= 15 is 0 Å². The van der Waals surface area contributed by atoms with Crippen molar-refractivity contribution in [2.75, 3.05) is 209 Å². The summed E-state index contributed by atoms with van der Waals surface area (Å²) in [6.45, 7) is 34.4. The van der Waals surface area contributed by atoms with Gasteiger partial charge in [-0.3, -0.25) is 28.8 Å². The molecule has 4 fully saturated rings. The Hall–Kier alpha value is -13.7. The second-order valence-electron chi connectivity index (χ2n) is 31.7. The van der Waals surface area contributed by atoms with Gasteiger partial charge in [-0.2, -0.15) is 0 Å². The van der Waals surface area contributed by atoms with Crippen molar-refractivity contribution >= 4 is 183 Å². The minimum absolute atomic E-state index is 0.0720. The number of nitrogens with one attached hydrogen (secondary N) is 8. The number of amides is 4. The summed E-state index contributed by atoms with van der Waals surface area (Å²) in [4.78, 5) is 105. The van der Waals surface area contributed by atoms with Gasteiger partial charge in [-0.1, -0.05) is 120 Å². The fraction of sp³-hybridized carbons (Fsp3) is 0.242. The smallest absolute Gasteiger partial charge is 0.299 e. The van der Waals surface area contributed by atoms with E-state index in [0.717, 1.165) is 165 Å². The Morgan fingerprint density at radius 2 is 0.836 bits per heavy atom. The molecule has 4 saturated heterocycles. The van der Waals surface area contributed by atoms with Crippen LogP contribution in [0.2, 0.25) is 10.3 Å². The average Bonchev–Trinajstić information content (AvgIpc) is 1.81. The van der Waals surface area contributed by atoms with Gasteiger partial charge in [0, 0.05) is 202 Å². The number of methoxy groups -OCH3 is 2. The molecule has 8 heterocycles. The molecule has 30 nitrogen and oxygen atoms in total. The van der Waals surface area contributed by atoms with E-state index in [0.29, 0.717) is 83.6 Å². The van der Waals surface area contributed by atoms with Crippen LogP contribution in [0.4, 0.5) is 90.4 Å². The molecule has 4 aliphatic rings. The van der Waals surface area contributed by atoms with E-state index < -0.39 is 0 Å². The number of rotatable bonds is 30. The highest BCUT2D eigenvalue weighted by molar-refractivity contribution is 8.01. The molecule has 4 aliphatic heterocycles. The maximum atomic E-state index is 12.9. The SMILES string of the molecule is C=CC(=O)Nc1cccc(C(=O)c2cnc(Nc3ccc(N4CCN(C)CC4)cc3OC)o2)c1.C=CC(=O)Nc1cccc(C(=O)c2coc(Nc3ccc(N4CCN(C)CC4)cc3OC)c2)c1.C=CC(=O)Nc1cccc(Oc2sc(Nc3ccc(N4CCN(C)CC4)cc3C)nc2Cl)c1.C=CC(=O)Nc1cccc(Sc2sc(Nc3ccc(N4CCN(C)CC4)cc3C)nc2Cl)c1. The van der Waals surface area contributed by atoms with Crippen LogP contribution in [-0.2, 0) is 19.2 Å². The number of ether oxygens (including phenoxy) is 3. The first-order valence-corrected chi connectivity index (χ1v) is 46.3. The van der Waals surface area contributed by atoms with E-state index in [1.165, 1.54) is 76.5 Å². The normalized spacial score (nSPS) is 14.0. The summed E-state index contributed by atoms with van der Waals surface area (Å²) in [5, 5.41) is 26.4. The van der Waals surface area contributed by atoms with Crippen molar-refractivity contribution in [2.45, 2.75) is 23.0 Å². The van der Waals surface area contributed by atoms with Crippen molar-refractivity contribution in [3.8, 4) is 22.3 Å². The number of piperazine rings is 4. The summed E-state index contributed by atoms with van der Waals surface area (Å²) in [6.07, 6.45) is 7.57. The van der Waals surface area contributed by atoms with E-state index in [2.05, 4.69) is 201 Å². The number of likely N-dealkylation sites (N-methyl/N-ethyl adjacent to an activating group) is 4. The predicted molar refractivity (Wildman–Crippen MR) is 542 cm³/mol. The summed E-state index contributed by atoms with van der Waals surface area (Å²) in [5.74, 6) is 0.567. The Morgan fingerprint density at radius 1 is 0.433 bits per heavy atom. The van der Waals surface area contributed by atoms with Crippen molar-refractivity contribution in [1.82, 2.24) is 34.6 Å². The van der Waals surface area contributed by atoms with Crippen molar-refractivity contribution in [3.63, 3.8) is 0 Å². The molecule has 0 radical (unpaired) electrons. The van der Waals surface area contributed by atoms with E-state index in [1.54, 1.807) is 93.1 Å². The summed E-state index contributed by atoms with van der Waals surface area (Å²) >= 11 is 17.1. The fourth-order valence-corrected chi connectivity index (χ4v) is 17.8. The molecule has 0 unspecified atom stereocenters. The number of ketones is 2. The van der Waals surface area contributed by atoms with Crippen LogP contribution >= 0.6 is 57.6 Å². The number of oxazole rings is 1. The largest absolute Gasteiger partial charge is 0.494 e. The molecular formula is C99H107Cl2N19O11S3. The number of furan rings is 1. The van der Waals surface area contributed by atoms with E-state index in [9.17, 15) is 28.8 Å². The lowest BCUT2D eigenvalue weighted by Crippen LogP contribution is -2.44. The Morgan fingerprint density at radius 3 is 1.29 bits per heavy atom. The first-order valence-electron chi connectivity index (χ1n) is 43.1. The first-order chi connectivity index (χ1) is 64.7. The zero-order valence-corrected chi connectivity index (χ0v) is 79.7. The van der Waals surface area contributed by atoms with Crippen LogP contribution in [0.15, 0.2) is 257 Å². The molecule has 0 spiro atoms. The number of anilines is 16. The van der Waals surface area contributed by atoms with E-state index in [-0.39, 0.29) is 52.1 Å². The standard InChI is InChI=1S/C26H28N4O4.C25H27N5O4.C24H26ClN5O2S.C24H26ClN5OS2/c1-4-24(31)27-20-7-5-6-18(14-20)26(32)19-15-25(34-17-19)28-22-9-8-21(16-23(22)33-3)30-12-10-29(2)11-13-30;1-4-23(31)27-18-7-5-6-17(14-18)24(32)22-16-26-25(34-22)28-20-9-8-19(15-21(20)33-3)30-12-10-29(2)11-13-30;2*1-4-21(31)26-17-6-5-7-19(15-17)32-23-22(25)28-24(33-23)27-20-9-8-18(14-16(20)2)30-12-10-29(3)11-13-30/h4-9,14-17,28H,1,10-13H2,2-3H3,(H,27,31);4-9,14-16H,1,10-13H2,2-3H3,(H,26,28)(H,27,31);2*4-9,14-15H,1,10-13H2,2-3H3,(H,26,31)(H,27,28). The van der Waals surface area contributed by atoms with Crippen molar-refractivity contribution in [1.29, 1.82) is 0 Å². The number of hydrogen-bond acceptors (Lipinski definition) is 29. The average molecular weight is 1910 g/mol. The van der Waals surface area contributed by atoms with Gasteiger partial charge in [-0.05, 0) is 193 Å². The molecular weight excluding hydrogens is 1800 g/mol. The van der Waals surface area contributed by atoms with Gasteiger partial charge in [0.1, 0.15) is 27.7 Å². The zero-order valence-electron chi connectivity index (χ0n) is 75.7. The lowest BCUT2D eigenvalue weighted by Gasteiger charge is -2.34. The van der Waals surface area contributed by atoms with Crippen LogP contribution in [0.3, 0.4) is 0 Å². The number of aryl methyl sites for hydroxylation is 2. The van der Waals surface area contributed by atoms with Gasteiger partial charge in [0.15, 0.2) is 38.0 Å². The number of aromatic nitrogens is 3. The summed E-state index contributed by atoms with van der Waals surface area (Å²) in [6, 6.07) is 54.6. The second-order valence-corrected chi connectivity index (χ2v) is 35.7. The van der Waals surface area contributed by atoms with Crippen LogP contribution in [0.25, 0.3) is 0 Å². The number of carbonyl (C=O) groups excluding carboxylic acids is 6. The Balaban J connectivity index is 0.000000152.